The number of carboxylic acids is 2. The van der Waals surface area contributed by atoms with Gasteiger partial charge in [-0.05, 0) is 0 Å². The molecule has 16 heteroatoms. The van der Waals surface area contributed by atoms with E-state index in [4.69, 9.17) is 35.4 Å². The number of aliphatic hydroxyl groups is 1. The highest BCUT2D eigenvalue weighted by Crippen LogP contribution is 2.14. The van der Waals surface area contributed by atoms with Crippen LogP contribution in [0.4, 0.5) is 26.3 Å². The van der Waals surface area contributed by atoms with Gasteiger partial charge in [0.2, 0.25) is 0 Å². The van der Waals surface area contributed by atoms with Gasteiger partial charge >= 0.3 is 24.3 Å². The molecular formula is C11H14F6N4O6. The van der Waals surface area contributed by atoms with Crippen LogP contribution in [0.5, 0.6) is 0 Å². The van der Waals surface area contributed by atoms with E-state index < -0.39 is 30.3 Å². The number of aliphatic carboxylic acids is 2. The summed E-state index contributed by atoms with van der Waals surface area (Å²) in [5.74, 6) is -4.09. The molecule has 1 aromatic rings. The molecule has 0 fully saturated rings. The minimum atomic E-state index is -5.08. The van der Waals surface area contributed by atoms with Crippen molar-refractivity contribution in [3.8, 4) is 0 Å². The Hall–Kier alpha value is -2.46. The lowest BCUT2D eigenvalue weighted by molar-refractivity contribution is -0.193. The van der Waals surface area contributed by atoms with E-state index in [1.165, 1.54) is 0 Å². The Morgan fingerprint density at radius 1 is 1.11 bits per heavy atom. The number of halogens is 6. The minimum absolute atomic E-state index is 0.112. The monoisotopic (exact) mass is 412 g/mol. The van der Waals surface area contributed by atoms with E-state index >= 15 is 0 Å². The number of aliphatic hydroxyl groups excluding tert-OH is 1. The number of rotatable bonds is 2. The minimum Gasteiger partial charge on any atom is -0.475 e. The van der Waals surface area contributed by atoms with Crippen LogP contribution >= 0.6 is 0 Å². The molecule has 0 radical (unpaired) electrons. The van der Waals surface area contributed by atoms with Crippen LogP contribution in [0.15, 0.2) is 0 Å². The van der Waals surface area contributed by atoms with Gasteiger partial charge in [0.25, 0.3) is 0 Å². The van der Waals surface area contributed by atoms with Gasteiger partial charge in [-0.3, -0.25) is 0 Å². The van der Waals surface area contributed by atoms with Crippen LogP contribution in [0.2, 0.25) is 0 Å². The Labute approximate surface area is 146 Å². The topological polar surface area (TPSA) is 161 Å². The fourth-order valence-corrected chi connectivity index (χ4v) is 1.37. The van der Waals surface area contributed by atoms with E-state index in [0.29, 0.717) is 25.6 Å². The first-order valence-corrected chi connectivity index (χ1v) is 6.68. The largest absolute Gasteiger partial charge is 0.490 e. The molecule has 1 atom stereocenters. The van der Waals surface area contributed by atoms with E-state index in [1.807, 2.05) is 4.57 Å². The number of alkyl halides is 6. The predicted molar refractivity (Wildman–Crippen MR) is 71.1 cm³/mol. The quantitative estimate of drug-likeness (QED) is 0.493. The molecular weight excluding hydrogens is 398 g/mol. The van der Waals surface area contributed by atoms with Crippen LogP contribution in [0.3, 0.4) is 0 Å². The maximum atomic E-state index is 10.6. The first kappa shape index (κ1) is 24.5. The maximum Gasteiger partial charge on any atom is 0.490 e. The van der Waals surface area contributed by atoms with Gasteiger partial charge in [0, 0.05) is 6.54 Å². The molecule has 10 nitrogen and oxygen atoms in total. The third kappa shape index (κ3) is 8.65. The number of aromatic nitrogens is 3. The van der Waals surface area contributed by atoms with Gasteiger partial charge in [0.05, 0.1) is 19.3 Å². The molecule has 0 spiro atoms. The second-order valence-corrected chi connectivity index (χ2v) is 4.57. The lowest BCUT2D eigenvalue weighted by atomic mass is 10.3. The first-order valence-electron chi connectivity index (χ1n) is 6.68. The summed E-state index contributed by atoms with van der Waals surface area (Å²) in [6.07, 6.45) is -10.2. The molecule has 1 unspecified atom stereocenters. The highest BCUT2D eigenvalue weighted by Gasteiger charge is 2.38. The van der Waals surface area contributed by atoms with Gasteiger partial charge in [-0.2, -0.15) is 26.3 Å². The van der Waals surface area contributed by atoms with Crippen molar-refractivity contribution in [2.24, 2.45) is 5.73 Å². The van der Waals surface area contributed by atoms with Gasteiger partial charge in [-0.15, -0.1) is 10.2 Å². The Morgan fingerprint density at radius 3 is 1.93 bits per heavy atom. The summed E-state index contributed by atoms with van der Waals surface area (Å²) in [5.41, 5.74) is 5.65. The SMILES string of the molecule is NC(CO)c1nnc2n1CCOC2.O=C(O)C(F)(F)F.O=C(O)C(F)(F)F. The van der Waals surface area contributed by atoms with Crippen molar-refractivity contribution < 1.29 is 56.0 Å². The summed E-state index contributed by atoms with van der Waals surface area (Å²) >= 11 is 0. The van der Waals surface area contributed by atoms with Crippen LogP contribution < -0.4 is 5.73 Å². The number of carboxylic acid groups (broad SMARTS) is 2. The van der Waals surface area contributed by atoms with E-state index in [-0.39, 0.29) is 6.61 Å². The highest BCUT2D eigenvalue weighted by molar-refractivity contribution is 5.73. The number of carbonyl (C=O) groups is 2. The number of nitrogens with zero attached hydrogens (tertiary/aromatic N) is 3. The predicted octanol–water partition coefficient (Wildman–Crippen LogP) is 0.0670. The summed E-state index contributed by atoms with van der Waals surface area (Å²) in [6.45, 7) is 1.73. The van der Waals surface area contributed by atoms with Crippen LogP contribution in [0.1, 0.15) is 17.7 Å². The molecule has 2 rings (SSSR count). The molecule has 2 heterocycles. The second kappa shape index (κ2) is 10.0. The lowest BCUT2D eigenvalue weighted by Crippen LogP contribution is -2.24. The molecule has 0 saturated heterocycles. The van der Waals surface area contributed by atoms with Gasteiger partial charge in [0.1, 0.15) is 6.61 Å². The molecule has 0 aromatic carbocycles. The summed E-state index contributed by atoms with van der Waals surface area (Å²) in [6, 6.07) is -0.445. The zero-order valence-electron chi connectivity index (χ0n) is 13.2. The van der Waals surface area contributed by atoms with Crippen molar-refractivity contribution in [3.05, 3.63) is 11.6 Å². The number of hydrogen-bond acceptors (Lipinski definition) is 7. The zero-order valence-corrected chi connectivity index (χ0v) is 13.2. The number of hydrogen-bond donors (Lipinski definition) is 4. The zero-order chi connectivity index (χ0) is 21.4. The second-order valence-electron chi connectivity index (χ2n) is 4.57. The third-order valence-corrected chi connectivity index (χ3v) is 2.56. The summed E-state index contributed by atoms with van der Waals surface area (Å²) in [4.78, 5) is 17.8. The molecule has 0 amide bonds. The van der Waals surface area contributed by atoms with Crippen molar-refractivity contribution in [2.45, 2.75) is 31.5 Å². The third-order valence-electron chi connectivity index (χ3n) is 2.56. The molecule has 1 aliphatic rings. The Kier molecular flexibility index (Phi) is 9.11. The molecule has 27 heavy (non-hydrogen) atoms. The van der Waals surface area contributed by atoms with Crippen LogP contribution in [0.25, 0.3) is 0 Å². The fraction of sp³-hybridized carbons (Fsp3) is 0.636. The smallest absolute Gasteiger partial charge is 0.475 e. The van der Waals surface area contributed by atoms with Crippen LogP contribution in [0, 0.1) is 0 Å². The normalized spacial score (nSPS) is 14.7. The average molecular weight is 412 g/mol. The standard InChI is InChI=1S/C7H12N4O2.2C2HF3O2/c8-5(3-12)7-10-9-6-4-13-2-1-11(6)7;2*3-2(4,5)1(6)7/h5,12H,1-4,8H2;2*(H,6,7). The molecule has 156 valence electrons. The van der Waals surface area contributed by atoms with Crippen molar-refractivity contribution in [2.75, 3.05) is 13.2 Å². The Balaban J connectivity index is 0.000000416. The lowest BCUT2D eigenvalue weighted by Gasteiger charge is -2.17. The molecule has 0 bridgehead atoms. The Morgan fingerprint density at radius 2 is 1.56 bits per heavy atom. The molecule has 1 aliphatic heterocycles. The molecule has 0 saturated carbocycles. The van der Waals surface area contributed by atoms with Crippen LogP contribution in [-0.2, 0) is 27.5 Å². The summed E-state index contributed by atoms with van der Waals surface area (Å²) < 4.78 is 70.6. The molecule has 0 aliphatic carbocycles. The maximum absolute atomic E-state index is 10.6. The first-order chi connectivity index (χ1) is 12.2. The van der Waals surface area contributed by atoms with Gasteiger partial charge < -0.3 is 30.4 Å². The summed E-state index contributed by atoms with van der Waals surface area (Å²) in [5, 5.41) is 31.0. The van der Waals surface area contributed by atoms with Crippen molar-refractivity contribution >= 4 is 11.9 Å². The Bertz CT molecular complexity index is 608. The van der Waals surface area contributed by atoms with E-state index in [1.54, 1.807) is 0 Å². The highest BCUT2D eigenvalue weighted by atomic mass is 19.4. The number of ether oxygens (including phenoxy) is 1. The molecule has 5 N–H and O–H groups in total. The van der Waals surface area contributed by atoms with Crippen molar-refractivity contribution in [3.63, 3.8) is 0 Å². The van der Waals surface area contributed by atoms with Gasteiger partial charge in [0.15, 0.2) is 11.6 Å². The summed E-state index contributed by atoms with van der Waals surface area (Å²) in [7, 11) is 0. The fourth-order valence-electron chi connectivity index (χ4n) is 1.37. The van der Waals surface area contributed by atoms with Gasteiger partial charge in [-0.25, -0.2) is 9.59 Å². The number of fused-ring (bicyclic) bond motifs is 1. The van der Waals surface area contributed by atoms with E-state index in [0.717, 1.165) is 5.82 Å². The van der Waals surface area contributed by atoms with Crippen molar-refractivity contribution in [1.82, 2.24) is 14.8 Å². The average Bonchev–Trinajstić information content (AvgIpc) is 2.97. The van der Waals surface area contributed by atoms with E-state index in [2.05, 4.69) is 10.2 Å². The van der Waals surface area contributed by atoms with Gasteiger partial charge in [-0.1, -0.05) is 0 Å². The van der Waals surface area contributed by atoms with E-state index in [9.17, 15) is 26.3 Å². The number of nitrogens with two attached hydrogens (primary N) is 1. The van der Waals surface area contributed by atoms with Crippen LogP contribution in [-0.4, -0.2) is 67.6 Å². The molecule has 1 aromatic heterocycles. The van der Waals surface area contributed by atoms with Crippen molar-refractivity contribution in [1.29, 1.82) is 0 Å².